The Hall–Kier alpha value is -1.68. The maximum atomic E-state index is 12.7. The van der Waals surface area contributed by atoms with Gasteiger partial charge < -0.3 is 9.64 Å². The first kappa shape index (κ1) is 18.7. The van der Waals surface area contributed by atoms with Crippen LogP contribution in [0.1, 0.15) is 44.7 Å². The summed E-state index contributed by atoms with van der Waals surface area (Å²) in [5.41, 5.74) is 2.78. The molecule has 0 bridgehead atoms. The molecule has 4 nitrogen and oxygen atoms in total. The summed E-state index contributed by atoms with van der Waals surface area (Å²) in [6.45, 7) is 8.46. The zero-order chi connectivity index (χ0) is 19.0. The number of likely N-dealkylation sites (N-methyl/N-ethyl adjacent to an activating group) is 1. The van der Waals surface area contributed by atoms with Crippen LogP contribution in [0.5, 0.6) is 0 Å². The Kier molecular flexibility index (Phi) is 5.11. The fourth-order valence-electron chi connectivity index (χ4n) is 5.74. The number of carbonyl (C=O) groups is 1. The number of fused-ring (bicyclic) bond motifs is 2. The third-order valence-electron chi connectivity index (χ3n) is 7.30. The standard InChI is InChI=1S/C23H32N2O2/c1-16-7-6-10-23(2)14-21-18(13-20(16)23)19(22(26)27-21)15-25(3)12-9-17-8-4-5-11-24-17/h4-5,8,11,18-21H,1,6-7,9-10,12-15H2,2-3H3/t18-,19-,20+,21-,23-/m1/s1. The fraction of sp³-hybridized carbons (Fsp3) is 0.652. The van der Waals surface area contributed by atoms with E-state index in [1.807, 2.05) is 18.3 Å². The highest BCUT2D eigenvalue weighted by atomic mass is 16.6. The van der Waals surface area contributed by atoms with Crippen LogP contribution in [-0.4, -0.2) is 42.1 Å². The van der Waals surface area contributed by atoms with E-state index in [1.165, 1.54) is 18.4 Å². The lowest BCUT2D eigenvalue weighted by Crippen LogP contribution is -2.45. The molecule has 5 atom stereocenters. The van der Waals surface area contributed by atoms with Gasteiger partial charge in [-0.15, -0.1) is 0 Å². The first-order valence-electron chi connectivity index (χ1n) is 10.4. The molecule has 4 heteroatoms. The number of rotatable bonds is 5. The van der Waals surface area contributed by atoms with Crippen LogP contribution >= 0.6 is 0 Å². The maximum absolute atomic E-state index is 12.7. The molecule has 0 spiro atoms. The van der Waals surface area contributed by atoms with Crippen molar-refractivity contribution >= 4 is 5.97 Å². The van der Waals surface area contributed by atoms with Crippen LogP contribution in [0.25, 0.3) is 0 Å². The number of allylic oxidation sites excluding steroid dienone is 1. The second kappa shape index (κ2) is 7.38. The van der Waals surface area contributed by atoms with Crippen LogP contribution in [0.2, 0.25) is 0 Å². The van der Waals surface area contributed by atoms with Crippen molar-refractivity contribution in [1.82, 2.24) is 9.88 Å². The molecular weight excluding hydrogens is 336 g/mol. The molecule has 27 heavy (non-hydrogen) atoms. The van der Waals surface area contributed by atoms with Crippen molar-refractivity contribution in [3.8, 4) is 0 Å². The predicted molar refractivity (Wildman–Crippen MR) is 106 cm³/mol. The molecule has 0 aromatic carbocycles. The van der Waals surface area contributed by atoms with Gasteiger partial charge in [-0.05, 0) is 62.6 Å². The van der Waals surface area contributed by atoms with E-state index in [2.05, 4.69) is 36.5 Å². The van der Waals surface area contributed by atoms with E-state index < -0.39 is 0 Å². The summed E-state index contributed by atoms with van der Waals surface area (Å²) in [6.07, 6.45) is 8.57. The Morgan fingerprint density at radius 1 is 1.41 bits per heavy atom. The van der Waals surface area contributed by atoms with Crippen LogP contribution < -0.4 is 0 Å². The van der Waals surface area contributed by atoms with Gasteiger partial charge in [-0.1, -0.05) is 25.1 Å². The number of aromatic nitrogens is 1. The van der Waals surface area contributed by atoms with Crippen LogP contribution in [0.4, 0.5) is 0 Å². The molecule has 0 unspecified atom stereocenters. The zero-order valence-corrected chi connectivity index (χ0v) is 16.7. The van der Waals surface area contributed by atoms with Crippen molar-refractivity contribution < 1.29 is 9.53 Å². The van der Waals surface area contributed by atoms with Crippen molar-refractivity contribution in [3.63, 3.8) is 0 Å². The second-order valence-electron chi connectivity index (χ2n) is 9.24. The summed E-state index contributed by atoms with van der Waals surface area (Å²) in [7, 11) is 2.11. The molecule has 1 aromatic heterocycles. The number of carbonyl (C=O) groups excluding carboxylic acids is 1. The number of nitrogens with zero attached hydrogens (tertiary/aromatic N) is 2. The lowest BCUT2D eigenvalue weighted by Gasteiger charge is -2.50. The van der Waals surface area contributed by atoms with Gasteiger partial charge in [0.15, 0.2) is 0 Å². The molecule has 3 aliphatic rings. The van der Waals surface area contributed by atoms with Gasteiger partial charge in [0.1, 0.15) is 6.10 Å². The molecular formula is C23H32N2O2. The molecule has 1 saturated heterocycles. The molecule has 4 rings (SSSR count). The highest BCUT2D eigenvalue weighted by molar-refractivity contribution is 5.75. The number of hydrogen-bond donors (Lipinski definition) is 0. The van der Waals surface area contributed by atoms with E-state index in [-0.39, 0.29) is 23.4 Å². The Morgan fingerprint density at radius 2 is 2.26 bits per heavy atom. The third kappa shape index (κ3) is 3.69. The Morgan fingerprint density at radius 3 is 3.04 bits per heavy atom. The summed E-state index contributed by atoms with van der Waals surface area (Å²) >= 11 is 0. The molecule has 1 aromatic rings. The van der Waals surface area contributed by atoms with Crippen molar-refractivity contribution in [1.29, 1.82) is 0 Å². The van der Waals surface area contributed by atoms with Crippen molar-refractivity contribution in [2.45, 2.75) is 51.6 Å². The van der Waals surface area contributed by atoms with E-state index in [4.69, 9.17) is 4.74 Å². The van der Waals surface area contributed by atoms with E-state index in [9.17, 15) is 4.79 Å². The highest BCUT2D eigenvalue weighted by Gasteiger charge is 2.55. The minimum atomic E-state index is 0.00279. The average molecular weight is 369 g/mol. The van der Waals surface area contributed by atoms with E-state index >= 15 is 0 Å². The minimum Gasteiger partial charge on any atom is -0.462 e. The summed E-state index contributed by atoms with van der Waals surface area (Å²) in [4.78, 5) is 19.3. The molecule has 2 aliphatic carbocycles. The van der Waals surface area contributed by atoms with E-state index in [0.717, 1.165) is 44.5 Å². The van der Waals surface area contributed by atoms with E-state index in [1.54, 1.807) is 0 Å². The monoisotopic (exact) mass is 368 g/mol. The summed E-state index contributed by atoms with van der Waals surface area (Å²) < 4.78 is 5.88. The molecule has 3 fully saturated rings. The molecule has 0 N–H and O–H groups in total. The summed E-state index contributed by atoms with van der Waals surface area (Å²) in [6, 6.07) is 6.03. The van der Waals surface area contributed by atoms with Crippen molar-refractivity contribution in [2.75, 3.05) is 20.1 Å². The van der Waals surface area contributed by atoms with Gasteiger partial charge in [-0.2, -0.15) is 0 Å². The number of pyridine rings is 1. The van der Waals surface area contributed by atoms with Gasteiger partial charge in [0, 0.05) is 37.3 Å². The number of hydrogen-bond acceptors (Lipinski definition) is 4. The normalized spacial score (nSPS) is 35.7. The maximum Gasteiger partial charge on any atom is 0.310 e. The van der Waals surface area contributed by atoms with Crippen LogP contribution in [-0.2, 0) is 16.0 Å². The quantitative estimate of drug-likeness (QED) is 0.584. The summed E-state index contributed by atoms with van der Waals surface area (Å²) in [5, 5.41) is 0. The Bertz CT molecular complexity index is 704. The number of ether oxygens (including phenoxy) is 1. The first-order chi connectivity index (χ1) is 13.0. The minimum absolute atomic E-state index is 0.00279. The van der Waals surface area contributed by atoms with Gasteiger partial charge in [-0.25, -0.2) is 0 Å². The van der Waals surface area contributed by atoms with Gasteiger partial charge >= 0.3 is 5.97 Å². The second-order valence-corrected chi connectivity index (χ2v) is 9.24. The van der Waals surface area contributed by atoms with Crippen LogP contribution in [0.3, 0.4) is 0 Å². The van der Waals surface area contributed by atoms with Gasteiger partial charge in [0.05, 0.1) is 5.92 Å². The lowest BCUT2D eigenvalue weighted by atomic mass is 9.55. The average Bonchev–Trinajstić information content (AvgIpc) is 2.93. The van der Waals surface area contributed by atoms with Crippen LogP contribution in [0.15, 0.2) is 36.5 Å². The molecule has 146 valence electrons. The Balaban J connectivity index is 1.40. The highest BCUT2D eigenvalue weighted by Crippen LogP contribution is 2.56. The van der Waals surface area contributed by atoms with Crippen molar-refractivity contribution in [3.05, 3.63) is 42.2 Å². The summed E-state index contributed by atoms with van der Waals surface area (Å²) in [5.74, 6) is 0.927. The van der Waals surface area contributed by atoms with Gasteiger partial charge in [0.2, 0.25) is 0 Å². The molecule has 0 radical (unpaired) electrons. The smallest absolute Gasteiger partial charge is 0.310 e. The lowest BCUT2D eigenvalue weighted by molar-refractivity contribution is -0.146. The topological polar surface area (TPSA) is 42.4 Å². The largest absolute Gasteiger partial charge is 0.462 e. The molecule has 1 aliphatic heterocycles. The zero-order valence-electron chi connectivity index (χ0n) is 16.7. The first-order valence-corrected chi connectivity index (χ1v) is 10.4. The van der Waals surface area contributed by atoms with Crippen molar-refractivity contribution in [2.24, 2.45) is 23.2 Å². The van der Waals surface area contributed by atoms with Gasteiger partial charge in [-0.3, -0.25) is 9.78 Å². The molecule has 0 amide bonds. The molecule has 2 heterocycles. The molecule has 2 saturated carbocycles. The third-order valence-corrected chi connectivity index (χ3v) is 7.30. The SMILES string of the molecule is C=C1CCC[C@]2(C)C[C@H]3OC(=O)[C@H](CN(C)CCc4ccccn4)[C@H]3C[C@@H]12. The van der Waals surface area contributed by atoms with E-state index in [0.29, 0.717) is 11.8 Å². The van der Waals surface area contributed by atoms with Crippen LogP contribution in [0, 0.1) is 23.2 Å². The van der Waals surface area contributed by atoms with Gasteiger partial charge in [0.25, 0.3) is 0 Å². The fourth-order valence-corrected chi connectivity index (χ4v) is 5.74. The predicted octanol–water partition coefficient (Wildman–Crippen LogP) is 3.87. The Labute approximate surface area is 163 Å². The number of esters is 1.